The lowest BCUT2D eigenvalue weighted by atomic mass is 10.1. The van der Waals surface area contributed by atoms with Gasteiger partial charge in [-0.2, -0.15) is 0 Å². The van der Waals surface area contributed by atoms with E-state index in [2.05, 4.69) is 10.6 Å². The first-order valence-corrected chi connectivity index (χ1v) is 10.6. The second-order valence-electron chi connectivity index (χ2n) is 6.99. The van der Waals surface area contributed by atoms with E-state index in [1.54, 1.807) is 30.3 Å². The summed E-state index contributed by atoms with van der Waals surface area (Å²) in [6.45, 7) is 0. The molecule has 5 nitrogen and oxygen atoms in total. The van der Waals surface area contributed by atoms with Gasteiger partial charge in [0.05, 0.1) is 16.7 Å². The smallest absolute Gasteiger partial charge is 0.265 e. The number of hydrogen-bond donors (Lipinski definition) is 2. The largest absolute Gasteiger partial charge is 0.488 e. The Balaban J connectivity index is 1.46. The molecule has 2 amide bonds. The summed E-state index contributed by atoms with van der Waals surface area (Å²) in [5.41, 5.74) is 1.69. The second kappa shape index (κ2) is 8.92. The molecule has 1 aliphatic carbocycles. The van der Waals surface area contributed by atoms with E-state index in [4.69, 9.17) is 4.74 Å². The molecule has 0 unspecified atom stereocenters. The van der Waals surface area contributed by atoms with E-state index in [9.17, 15) is 9.59 Å². The van der Waals surface area contributed by atoms with Gasteiger partial charge in [0.2, 0.25) is 0 Å². The van der Waals surface area contributed by atoms with Gasteiger partial charge < -0.3 is 15.4 Å². The highest BCUT2D eigenvalue weighted by atomic mass is 32.1. The summed E-state index contributed by atoms with van der Waals surface area (Å²) in [5, 5.41) is 7.62. The highest BCUT2D eigenvalue weighted by Gasteiger charge is 2.19. The maximum absolute atomic E-state index is 12.8. The molecule has 4 rings (SSSR count). The minimum absolute atomic E-state index is 0.187. The molecule has 0 radical (unpaired) electrons. The highest BCUT2D eigenvalue weighted by Crippen LogP contribution is 2.30. The average Bonchev–Trinajstić information content (AvgIpc) is 3.44. The number of benzene rings is 2. The maximum atomic E-state index is 12.8. The Morgan fingerprint density at radius 1 is 0.897 bits per heavy atom. The number of hydrogen-bond acceptors (Lipinski definition) is 4. The molecule has 2 N–H and O–H groups in total. The van der Waals surface area contributed by atoms with Gasteiger partial charge in [0, 0.05) is 11.3 Å². The lowest BCUT2D eigenvalue weighted by Gasteiger charge is -2.17. The first-order valence-electron chi connectivity index (χ1n) is 9.71. The molecule has 3 aromatic rings. The van der Waals surface area contributed by atoms with Crippen molar-refractivity contribution in [3.63, 3.8) is 0 Å². The number of para-hydroxylation sites is 2. The van der Waals surface area contributed by atoms with Gasteiger partial charge in [-0.1, -0.05) is 24.3 Å². The van der Waals surface area contributed by atoms with Gasteiger partial charge in [-0.15, -0.1) is 11.3 Å². The third kappa shape index (κ3) is 4.84. The zero-order valence-corrected chi connectivity index (χ0v) is 16.7. The van der Waals surface area contributed by atoms with Crippen LogP contribution in [-0.2, 0) is 0 Å². The van der Waals surface area contributed by atoms with Crippen molar-refractivity contribution in [2.45, 2.75) is 31.8 Å². The molecule has 6 heteroatoms. The summed E-state index contributed by atoms with van der Waals surface area (Å²) in [7, 11) is 0. The van der Waals surface area contributed by atoms with Crippen molar-refractivity contribution in [1.29, 1.82) is 0 Å². The van der Waals surface area contributed by atoms with Crippen LogP contribution < -0.4 is 15.4 Å². The number of nitrogens with one attached hydrogen (secondary N) is 2. The third-order valence-electron chi connectivity index (χ3n) is 4.86. The normalized spacial score (nSPS) is 13.8. The summed E-state index contributed by atoms with van der Waals surface area (Å²) in [5.74, 6) is 0.252. The molecular formula is C23H22N2O3S. The predicted molar refractivity (Wildman–Crippen MR) is 116 cm³/mol. The van der Waals surface area contributed by atoms with Gasteiger partial charge in [0.1, 0.15) is 5.75 Å². The lowest BCUT2D eigenvalue weighted by Crippen LogP contribution is -2.16. The molecule has 1 heterocycles. The van der Waals surface area contributed by atoms with Crippen molar-refractivity contribution in [3.05, 3.63) is 76.5 Å². The number of rotatable bonds is 6. The van der Waals surface area contributed by atoms with Crippen molar-refractivity contribution in [3.8, 4) is 5.75 Å². The van der Waals surface area contributed by atoms with Crippen LogP contribution in [0.1, 0.15) is 45.7 Å². The molecule has 1 saturated carbocycles. The number of anilines is 2. The van der Waals surface area contributed by atoms with E-state index in [0.717, 1.165) is 12.8 Å². The van der Waals surface area contributed by atoms with Crippen LogP contribution in [0.25, 0.3) is 0 Å². The zero-order chi connectivity index (χ0) is 20.1. The predicted octanol–water partition coefficient (Wildman–Crippen LogP) is 5.57. The fraction of sp³-hybridized carbons (Fsp3) is 0.217. The first kappa shape index (κ1) is 19.2. The van der Waals surface area contributed by atoms with Crippen LogP contribution in [0.4, 0.5) is 11.4 Å². The molecule has 0 saturated heterocycles. The molecule has 0 aliphatic heterocycles. The highest BCUT2D eigenvalue weighted by molar-refractivity contribution is 7.12. The molecule has 1 aromatic heterocycles. The summed E-state index contributed by atoms with van der Waals surface area (Å²) in [6, 6.07) is 18.0. The minimum atomic E-state index is -0.250. The molecule has 1 fully saturated rings. The van der Waals surface area contributed by atoms with Crippen molar-refractivity contribution >= 4 is 34.5 Å². The molecular weight excluding hydrogens is 384 g/mol. The van der Waals surface area contributed by atoms with Crippen LogP contribution in [0.2, 0.25) is 0 Å². The van der Waals surface area contributed by atoms with Gasteiger partial charge >= 0.3 is 0 Å². The standard InChI is InChI=1S/C23H22N2O3S/c26-22(25-19-11-3-4-12-20(19)28-18-9-1-2-10-18)16-7-5-8-17(15-16)24-23(27)21-13-6-14-29-21/h3-8,11-15,18H,1-2,9-10H2,(H,24,27)(H,25,26). The second-order valence-corrected chi connectivity index (χ2v) is 7.93. The molecule has 29 heavy (non-hydrogen) atoms. The van der Waals surface area contributed by atoms with Crippen molar-refractivity contribution in [1.82, 2.24) is 0 Å². The SMILES string of the molecule is O=C(Nc1ccccc1OC1CCCC1)c1cccc(NC(=O)c2cccs2)c1. The van der Waals surface area contributed by atoms with Crippen LogP contribution in [0.5, 0.6) is 5.75 Å². The minimum Gasteiger partial charge on any atom is -0.488 e. The van der Waals surface area contributed by atoms with Crippen LogP contribution in [0.3, 0.4) is 0 Å². The summed E-state index contributed by atoms with van der Waals surface area (Å²) < 4.78 is 6.09. The number of carbonyl (C=O) groups is 2. The van der Waals surface area contributed by atoms with E-state index in [1.807, 2.05) is 35.7 Å². The monoisotopic (exact) mass is 406 g/mol. The van der Waals surface area contributed by atoms with Crippen LogP contribution in [0, 0.1) is 0 Å². The Hall–Kier alpha value is -3.12. The van der Waals surface area contributed by atoms with E-state index >= 15 is 0 Å². The number of ether oxygens (including phenoxy) is 1. The molecule has 148 valence electrons. The lowest BCUT2D eigenvalue weighted by molar-refractivity contribution is 0.101. The Labute approximate surface area is 173 Å². The van der Waals surface area contributed by atoms with Crippen molar-refractivity contribution in [2.75, 3.05) is 10.6 Å². The maximum Gasteiger partial charge on any atom is 0.265 e. The number of amides is 2. The zero-order valence-electron chi connectivity index (χ0n) is 15.9. The molecule has 1 aliphatic rings. The Kier molecular flexibility index (Phi) is 5.91. The summed E-state index contributed by atoms with van der Waals surface area (Å²) in [4.78, 5) is 25.7. The van der Waals surface area contributed by atoms with Crippen LogP contribution >= 0.6 is 11.3 Å². The molecule has 2 aromatic carbocycles. The Bertz CT molecular complexity index is 995. The molecule has 0 spiro atoms. The van der Waals surface area contributed by atoms with Gasteiger partial charge in [0.15, 0.2) is 0 Å². The van der Waals surface area contributed by atoms with Gasteiger partial charge in [0.25, 0.3) is 11.8 Å². The average molecular weight is 407 g/mol. The fourth-order valence-corrected chi connectivity index (χ4v) is 4.01. The first-order chi connectivity index (χ1) is 14.2. The fourth-order valence-electron chi connectivity index (χ4n) is 3.39. The van der Waals surface area contributed by atoms with Gasteiger partial charge in [-0.25, -0.2) is 0 Å². The number of thiophene rings is 1. The molecule has 0 bridgehead atoms. The topological polar surface area (TPSA) is 67.4 Å². The number of carbonyl (C=O) groups excluding carboxylic acids is 2. The van der Waals surface area contributed by atoms with Crippen molar-refractivity contribution < 1.29 is 14.3 Å². The Morgan fingerprint density at radius 2 is 1.72 bits per heavy atom. The van der Waals surface area contributed by atoms with Gasteiger partial charge in [-0.05, 0) is 67.5 Å². The van der Waals surface area contributed by atoms with Gasteiger partial charge in [-0.3, -0.25) is 9.59 Å². The summed E-state index contributed by atoms with van der Waals surface area (Å²) >= 11 is 1.37. The van der Waals surface area contributed by atoms with Crippen LogP contribution in [-0.4, -0.2) is 17.9 Å². The van der Waals surface area contributed by atoms with E-state index in [-0.39, 0.29) is 17.9 Å². The summed E-state index contributed by atoms with van der Waals surface area (Å²) in [6.07, 6.45) is 4.68. The van der Waals surface area contributed by atoms with E-state index in [1.165, 1.54) is 24.2 Å². The van der Waals surface area contributed by atoms with Crippen molar-refractivity contribution in [2.24, 2.45) is 0 Å². The third-order valence-corrected chi connectivity index (χ3v) is 5.73. The molecule has 0 atom stereocenters. The quantitative estimate of drug-likeness (QED) is 0.562. The Morgan fingerprint density at radius 3 is 2.52 bits per heavy atom. The van der Waals surface area contributed by atoms with E-state index in [0.29, 0.717) is 27.6 Å². The van der Waals surface area contributed by atoms with Crippen LogP contribution in [0.15, 0.2) is 66.0 Å². The van der Waals surface area contributed by atoms with E-state index < -0.39 is 0 Å².